The second-order valence-corrected chi connectivity index (χ2v) is 5.28. The van der Waals surface area contributed by atoms with Crippen LogP contribution >= 0.6 is 0 Å². The molecule has 0 saturated carbocycles. The van der Waals surface area contributed by atoms with Gasteiger partial charge in [0, 0.05) is 32.1 Å². The highest BCUT2D eigenvalue weighted by atomic mass is 16.5. The topological polar surface area (TPSA) is 50.8 Å². The van der Waals surface area contributed by atoms with Crippen LogP contribution in [0.3, 0.4) is 0 Å². The number of rotatable bonds is 7. The molecule has 0 spiro atoms. The maximum absolute atomic E-state index is 12.0. The van der Waals surface area contributed by atoms with Gasteiger partial charge in [-0.25, -0.2) is 0 Å². The summed E-state index contributed by atoms with van der Waals surface area (Å²) in [6.45, 7) is 4.52. The van der Waals surface area contributed by atoms with Gasteiger partial charge in [0.2, 0.25) is 0 Å². The molecule has 0 radical (unpaired) electrons. The molecule has 0 aliphatic carbocycles. The van der Waals surface area contributed by atoms with E-state index < -0.39 is 6.10 Å². The number of likely N-dealkylation sites (N-methyl/N-ethyl adjacent to an activating group) is 1. The normalized spacial score (nSPS) is 18.1. The second kappa shape index (κ2) is 7.31. The number of nitrogens with one attached hydrogen (secondary N) is 1. The summed E-state index contributed by atoms with van der Waals surface area (Å²) in [5, 5.41) is 3.36. The quantitative estimate of drug-likeness (QED) is 0.779. The van der Waals surface area contributed by atoms with Crippen LogP contribution < -0.4 is 14.8 Å². The first-order valence-electron chi connectivity index (χ1n) is 7.45. The van der Waals surface area contributed by atoms with E-state index in [2.05, 4.69) is 12.2 Å². The number of nitrogens with zero attached hydrogens (tertiary/aromatic N) is 1. The van der Waals surface area contributed by atoms with E-state index in [1.165, 1.54) is 0 Å². The lowest BCUT2D eigenvalue weighted by atomic mass is 10.1. The van der Waals surface area contributed by atoms with E-state index in [0.29, 0.717) is 18.0 Å². The Hall–Kier alpha value is -1.75. The SMILES string of the molecule is CCCNCc1cccc(OC)c1OC1CCN(C)C1=O. The molecular formula is C16H24N2O3. The summed E-state index contributed by atoms with van der Waals surface area (Å²) in [4.78, 5) is 13.7. The Morgan fingerprint density at radius 3 is 2.86 bits per heavy atom. The van der Waals surface area contributed by atoms with Crippen LogP contribution in [0, 0.1) is 0 Å². The molecule has 1 saturated heterocycles. The van der Waals surface area contributed by atoms with E-state index in [1.54, 1.807) is 19.1 Å². The fourth-order valence-corrected chi connectivity index (χ4v) is 2.44. The highest BCUT2D eigenvalue weighted by molar-refractivity contribution is 5.83. The number of ether oxygens (including phenoxy) is 2. The van der Waals surface area contributed by atoms with Crippen molar-refractivity contribution in [2.45, 2.75) is 32.4 Å². The van der Waals surface area contributed by atoms with Crippen LogP contribution in [-0.2, 0) is 11.3 Å². The molecule has 2 rings (SSSR count). The van der Waals surface area contributed by atoms with Gasteiger partial charge in [0.05, 0.1) is 7.11 Å². The molecule has 116 valence electrons. The Balaban J connectivity index is 2.17. The second-order valence-electron chi connectivity index (χ2n) is 5.28. The van der Waals surface area contributed by atoms with Crippen molar-refractivity contribution < 1.29 is 14.3 Å². The van der Waals surface area contributed by atoms with Crippen LogP contribution in [0.5, 0.6) is 11.5 Å². The van der Waals surface area contributed by atoms with Crippen molar-refractivity contribution >= 4 is 5.91 Å². The number of para-hydroxylation sites is 1. The summed E-state index contributed by atoms with van der Waals surface area (Å²) >= 11 is 0. The third-order valence-corrected chi connectivity index (χ3v) is 3.66. The summed E-state index contributed by atoms with van der Waals surface area (Å²) in [7, 11) is 3.42. The third-order valence-electron chi connectivity index (χ3n) is 3.66. The Morgan fingerprint density at radius 1 is 1.43 bits per heavy atom. The molecule has 1 atom stereocenters. The molecule has 0 bridgehead atoms. The zero-order valence-corrected chi connectivity index (χ0v) is 13.0. The third kappa shape index (κ3) is 3.67. The minimum absolute atomic E-state index is 0.0355. The molecule has 5 nitrogen and oxygen atoms in total. The minimum atomic E-state index is -0.406. The fourth-order valence-electron chi connectivity index (χ4n) is 2.44. The van der Waals surface area contributed by atoms with Gasteiger partial charge in [-0.05, 0) is 19.0 Å². The lowest BCUT2D eigenvalue weighted by Crippen LogP contribution is -2.30. The molecule has 21 heavy (non-hydrogen) atoms. The van der Waals surface area contributed by atoms with Crippen LogP contribution in [0.1, 0.15) is 25.3 Å². The molecule has 1 aliphatic rings. The smallest absolute Gasteiger partial charge is 0.263 e. The standard InChI is InChI=1S/C16H24N2O3/c1-4-9-17-11-12-6-5-7-13(20-3)15(12)21-14-8-10-18(2)16(14)19/h5-7,14,17H,4,8-11H2,1-3H3. The van der Waals surface area contributed by atoms with Gasteiger partial charge < -0.3 is 19.7 Å². The molecule has 1 heterocycles. The van der Waals surface area contributed by atoms with Crippen molar-refractivity contribution in [3.05, 3.63) is 23.8 Å². The first-order chi connectivity index (χ1) is 10.2. The van der Waals surface area contributed by atoms with Crippen molar-refractivity contribution in [3.63, 3.8) is 0 Å². The Labute approximate surface area is 126 Å². The largest absolute Gasteiger partial charge is 0.493 e. The fraction of sp³-hybridized carbons (Fsp3) is 0.562. The summed E-state index contributed by atoms with van der Waals surface area (Å²) in [6.07, 6.45) is 1.39. The van der Waals surface area contributed by atoms with Crippen LogP contribution in [0.4, 0.5) is 0 Å². The molecule has 1 aromatic rings. The number of likely N-dealkylation sites (tertiary alicyclic amines) is 1. The molecule has 1 N–H and O–H groups in total. The van der Waals surface area contributed by atoms with Crippen LogP contribution in [0.25, 0.3) is 0 Å². The number of carbonyl (C=O) groups excluding carboxylic acids is 1. The van der Waals surface area contributed by atoms with Crippen molar-refractivity contribution in [1.82, 2.24) is 10.2 Å². The number of methoxy groups -OCH3 is 1. The molecule has 1 fully saturated rings. The Bertz CT molecular complexity index is 490. The van der Waals surface area contributed by atoms with E-state index in [9.17, 15) is 4.79 Å². The van der Waals surface area contributed by atoms with Gasteiger partial charge in [0.25, 0.3) is 5.91 Å². The molecule has 1 aromatic carbocycles. The van der Waals surface area contributed by atoms with E-state index in [1.807, 2.05) is 18.2 Å². The number of hydrogen-bond acceptors (Lipinski definition) is 4. The Morgan fingerprint density at radius 2 is 2.24 bits per heavy atom. The van der Waals surface area contributed by atoms with Gasteiger partial charge in [-0.2, -0.15) is 0 Å². The highest BCUT2D eigenvalue weighted by Gasteiger charge is 2.32. The van der Waals surface area contributed by atoms with Crippen molar-refractivity contribution in [2.75, 3.05) is 27.2 Å². The van der Waals surface area contributed by atoms with E-state index in [4.69, 9.17) is 9.47 Å². The van der Waals surface area contributed by atoms with E-state index >= 15 is 0 Å². The van der Waals surface area contributed by atoms with Gasteiger partial charge in [0.1, 0.15) is 0 Å². The summed E-state index contributed by atoms with van der Waals surface area (Å²) in [6, 6.07) is 5.81. The zero-order chi connectivity index (χ0) is 15.2. The Kier molecular flexibility index (Phi) is 5.44. The predicted molar refractivity (Wildman–Crippen MR) is 81.7 cm³/mol. The minimum Gasteiger partial charge on any atom is -0.493 e. The monoisotopic (exact) mass is 292 g/mol. The lowest BCUT2D eigenvalue weighted by Gasteiger charge is -2.19. The number of benzene rings is 1. The van der Waals surface area contributed by atoms with Gasteiger partial charge in [-0.15, -0.1) is 0 Å². The first-order valence-corrected chi connectivity index (χ1v) is 7.45. The first kappa shape index (κ1) is 15.6. The van der Waals surface area contributed by atoms with Crippen molar-refractivity contribution in [1.29, 1.82) is 0 Å². The summed E-state index contributed by atoms with van der Waals surface area (Å²) < 4.78 is 11.4. The number of hydrogen-bond donors (Lipinski definition) is 1. The molecule has 5 heteroatoms. The highest BCUT2D eigenvalue weighted by Crippen LogP contribution is 2.33. The number of amides is 1. The van der Waals surface area contributed by atoms with Gasteiger partial charge in [-0.3, -0.25) is 4.79 Å². The van der Waals surface area contributed by atoms with Crippen LogP contribution in [0.15, 0.2) is 18.2 Å². The average Bonchev–Trinajstić information content (AvgIpc) is 2.81. The van der Waals surface area contributed by atoms with Crippen LogP contribution in [0.2, 0.25) is 0 Å². The molecule has 0 aromatic heterocycles. The molecule has 1 aliphatic heterocycles. The van der Waals surface area contributed by atoms with E-state index in [0.717, 1.165) is 31.5 Å². The summed E-state index contributed by atoms with van der Waals surface area (Å²) in [5.41, 5.74) is 1.02. The van der Waals surface area contributed by atoms with Crippen molar-refractivity contribution in [3.8, 4) is 11.5 Å². The van der Waals surface area contributed by atoms with Crippen molar-refractivity contribution in [2.24, 2.45) is 0 Å². The van der Waals surface area contributed by atoms with Gasteiger partial charge in [-0.1, -0.05) is 19.1 Å². The zero-order valence-electron chi connectivity index (χ0n) is 13.0. The van der Waals surface area contributed by atoms with Crippen LogP contribution in [-0.4, -0.2) is 44.2 Å². The number of carbonyl (C=O) groups is 1. The summed E-state index contributed by atoms with van der Waals surface area (Å²) in [5.74, 6) is 1.39. The van der Waals surface area contributed by atoms with Gasteiger partial charge >= 0.3 is 0 Å². The molecule has 1 unspecified atom stereocenters. The average molecular weight is 292 g/mol. The van der Waals surface area contributed by atoms with Gasteiger partial charge in [0.15, 0.2) is 17.6 Å². The molecule has 1 amide bonds. The molecular weight excluding hydrogens is 268 g/mol. The maximum Gasteiger partial charge on any atom is 0.263 e. The maximum atomic E-state index is 12.0. The van der Waals surface area contributed by atoms with E-state index in [-0.39, 0.29) is 5.91 Å². The lowest BCUT2D eigenvalue weighted by molar-refractivity contribution is -0.132. The predicted octanol–water partition coefficient (Wildman–Crippen LogP) is 1.80.